The Balaban J connectivity index is 1.58. The van der Waals surface area contributed by atoms with Crippen LogP contribution >= 0.6 is 7.82 Å². The number of benzene rings is 1. The van der Waals surface area contributed by atoms with E-state index in [1.54, 1.807) is 45.0 Å². The van der Waals surface area contributed by atoms with Crippen molar-refractivity contribution in [1.29, 1.82) is 0 Å². The molecule has 0 spiro atoms. The summed E-state index contributed by atoms with van der Waals surface area (Å²) in [5.74, 6) is -2.58. The number of aliphatic hydroxyl groups is 2. The molecule has 0 radical (unpaired) electrons. The summed E-state index contributed by atoms with van der Waals surface area (Å²) < 4.78 is 39.2. The van der Waals surface area contributed by atoms with Gasteiger partial charge in [-0.2, -0.15) is 9.61 Å². The van der Waals surface area contributed by atoms with Gasteiger partial charge in [-0.3, -0.25) is 23.7 Å². The van der Waals surface area contributed by atoms with Crippen LogP contribution in [0.3, 0.4) is 0 Å². The largest absolute Gasteiger partial charge is 0.493 e. The molecule has 1 aliphatic heterocycles. The Hall–Kier alpha value is -5.20. The van der Waals surface area contributed by atoms with Crippen molar-refractivity contribution < 1.29 is 62.2 Å². The minimum atomic E-state index is -4.94. The van der Waals surface area contributed by atoms with E-state index in [-0.39, 0.29) is 57.1 Å². The van der Waals surface area contributed by atoms with Gasteiger partial charge in [-0.25, -0.2) is 24.4 Å². The molecule has 3 amide bonds. The van der Waals surface area contributed by atoms with Crippen molar-refractivity contribution in [3.63, 3.8) is 0 Å². The molecule has 1 aromatic carbocycles. The third-order valence-electron chi connectivity index (χ3n) is 9.18. The number of hydrogen-bond donors (Lipinski definition) is 10. The summed E-state index contributed by atoms with van der Waals surface area (Å²) in [6.07, 6.45) is -3.94. The fourth-order valence-corrected chi connectivity index (χ4v) is 6.60. The topological polar surface area (TPSA) is 366 Å². The van der Waals surface area contributed by atoms with Crippen LogP contribution in [0, 0.1) is 5.92 Å². The van der Waals surface area contributed by atoms with E-state index in [0.29, 0.717) is 12.8 Å². The van der Waals surface area contributed by atoms with Crippen LogP contribution in [0.2, 0.25) is 0 Å². The highest BCUT2D eigenvalue weighted by Gasteiger charge is 2.45. The normalized spacial score (nSPS) is 20.1. The molecule has 2 aromatic rings. The van der Waals surface area contributed by atoms with E-state index in [0.717, 1.165) is 10.1 Å². The van der Waals surface area contributed by atoms with Gasteiger partial charge >= 0.3 is 25.6 Å². The minimum absolute atomic E-state index is 0.0169. The Bertz CT molecular complexity index is 1970. The fraction of sp³-hybridized carbons (Fsp3) is 0.615. The number of rotatable bonds is 24. The molecule has 0 saturated carbocycles. The molecule has 1 saturated heterocycles. The fourth-order valence-electron chi connectivity index (χ4n) is 6.00. The average molecular weight is 927 g/mol. The van der Waals surface area contributed by atoms with Gasteiger partial charge in [0.2, 0.25) is 17.8 Å². The molecule has 2 heterocycles. The first kappa shape index (κ1) is 53.1. The van der Waals surface area contributed by atoms with Crippen molar-refractivity contribution in [1.82, 2.24) is 31.0 Å². The van der Waals surface area contributed by atoms with Crippen LogP contribution in [-0.2, 0) is 48.9 Å². The van der Waals surface area contributed by atoms with Crippen LogP contribution in [-0.4, -0.2) is 116 Å². The highest BCUT2D eigenvalue weighted by Crippen LogP contribution is 2.43. The van der Waals surface area contributed by atoms with Gasteiger partial charge in [0.15, 0.2) is 6.23 Å². The van der Waals surface area contributed by atoms with Gasteiger partial charge in [0.25, 0.3) is 0 Å². The second-order valence-electron chi connectivity index (χ2n) is 16.3. The number of carbonyl (C=O) groups excluding carboxylic acids is 4. The first-order chi connectivity index (χ1) is 30.0. The van der Waals surface area contributed by atoms with Crippen molar-refractivity contribution in [2.45, 2.75) is 128 Å². The van der Waals surface area contributed by atoms with Gasteiger partial charge in [-0.15, -0.1) is 0 Å². The molecule has 1 aromatic heterocycles. The number of phosphoric ester groups is 1. The summed E-state index contributed by atoms with van der Waals surface area (Å²) in [7, 11) is -4.94. The molecule has 358 valence electrons. The van der Waals surface area contributed by atoms with Crippen molar-refractivity contribution in [3.8, 4) is 0 Å². The minimum Gasteiger partial charge on any atom is -0.459 e. The Kier molecular flexibility index (Phi) is 21.0. The highest BCUT2D eigenvalue weighted by atomic mass is 31.2. The van der Waals surface area contributed by atoms with Crippen molar-refractivity contribution in [2.24, 2.45) is 22.4 Å². The zero-order chi connectivity index (χ0) is 47.6. The predicted molar refractivity (Wildman–Crippen MR) is 230 cm³/mol. The lowest BCUT2D eigenvalue weighted by atomic mass is 10.0. The first-order valence-electron chi connectivity index (χ1n) is 20.7. The monoisotopic (exact) mass is 926 g/mol. The number of nitrogens with one attached hydrogen (secondary N) is 4. The number of aliphatic imine (C=N–C) groups is 1. The van der Waals surface area contributed by atoms with Gasteiger partial charge in [0.05, 0.1) is 12.6 Å². The number of carbonyl (C=O) groups is 4. The van der Waals surface area contributed by atoms with E-state index >= 15 is 0 Å². The number of alkyl carbamates (subject to hydrolysis) is 1. The van der Waals surface area contributed by atoms with Crippen LogP contribution in [0.15, 0.2) is 52.4 Å². The Labute approximate surface area is 370 Å². The quantitative estimate of drug-likeness (QED) is 0.0165. The second kappa shape index (κ2) is 25.3. The molecular weight excluding hydrogens is 863 g/mol. The van der Waals surface area contributed by atoms with E-state index < -0.39 is 98.2 Å². The maximum atomic E-state index is 13.7. The summed E-state index contributed by atoms with van der Waals surface area (Å²) in [5, 5.41) is 28.8. The second-order valence-corrected chi connectivity index (χ2v) is 17.7. The number of esters is 1. The van der Waals surface area contributed by atoms with Gasteiger partial charge in [0, 0.05) is 19.3 Å². The van der Waals surface area contributed by atoms with Crippen molar-refractivity contribution in [3.05, 3.63) is 58.6 Å². The molecular formula is C39H63N10O14P. The van der Waals surface area contributed by atoms with E-state index in [4.69, 9.17) is 35.9 Å². The summed E-state index contributed by atoms with van der Waals surface area (Å²) in [6, 6.07) is 7.00. The van der Waals surface area contributed by atoms with Crippen LogP contribution in [0.1, 0.15) is 84.9 Å². The third kappa shape index (κ3) is 18.9. The number of guanidine groups is 1. The third-order valence-corrected chi connectivity index (χ3v) is 9.97. The standard InChI is InChI=1S/C39H63N10O14P/c1-23(2)20-27(35(54)59-21-24-12-7-6-8-13-24)46-33(53)26(45-32(52)25(40)14-9-10-17-44-38(56)62-39(3,4)5)15-11-18-43-36(42)48-63-64(57,58)60-22-28-30(50)31(51)34(61-28)49-19-16-29(41)47-37(49)55/h6-8,12-13,16,19,23,25-28,30-31,34,50-51H,9-11,14-15,17-18,20-22,40H2,1-5H3,(H,44,56)(H,45,52)(H,46,53)(H,57,58)(H2,41,47,55)(H3,42,43,48)/t25?,26?,27?,28-,30-,31-,34-/m1/s1. The van der Waals surface area contributed by atoms with Crippen molar-refractivity contribution >= 4 is 43.5 Å². The number of anilines is 1. The number of hydrogen-bond acceptors (Lipinski definition) is 17. The number of phosphoric acid groups is 1. The number of aromatic nitrogens is 2. The average Bonchev–Trinajstić information content (AvgIpc) is 3.50. The molecule has 4 unspecified atom stereocenters. The Morgan fingerprint density at radius 1 is 1.00 bits per heavy atom. The smallest absolute Gasteiger partial charge is 0.459 e. The zero-order valence-corrected chi connectivity index (χ0v) is 37.5. The first-order valence-corrected chi connectivity index (χ1v) is 22.2. The number of nitrogen functional groups attached to an aromatic ring is 1. The predicted octanol–water partition coefficient (Wildman–Crippen LogP) is -0.0408. The molecule has 3 rings (SSSR count). The number of unbranched alkanes of at least 4 members (excludes halogenated alkanes) is 1. The molecule has 64 heavy (non-hydrogen) atoms. The zero-order valence-electron chi connectivity index (χ0n) is 36.6. The van der Waals surface area contributed by atoms with Crippen LogP contribution < -0.4 is 44.3 Å². The molecule has 0 bridgehead atoms. The van der Waals surface area contributed by atoms with E-state index in [2.05, 4.69) is 30.6 Å². The number of nitrogens with zero attached hydrogens (tertiary/aromatic N) is 3. The van der Waals surface area contributed by atoms with Gasteiger partial charge in [-0.05, 0) is 76.8 Å². The lowest BCUT2D eigenvalue weighted by molar-refractivity contribution is -0.150. The molecule has 8 atom stereocenters. The molecule has 1 fully saturated rings. The van der Waals surface area contributed by atoms with Crippen LogP contribution in [0.5, 0.6) is 0 Å². The number of aliphatic hydroxyl groups excluding tert-OH is 2. The SMILES string of the molecule is CC(C)CC(NC(=O)C(CCCN=C(N)NOP(=O)(O)OC[C@H]1O[C@@H](n2ccc(N)nc2=O)[C@H](O)[C@@H]1O)NC(=O)C(N)CCCCNC(=O)OC(C)(C)C)C(=O)OCc1ccccc1. The van der Waals surface area contributed by atoms with Crippen LogP contribution in [0.25, 0.3) is 0 Å². The summed E-state index contributed by atoms with van der Waals surface area (Å²) in [4.78, 5) is 82.0. The Morgan fingerprint density at radius 2 is 1.69 bits per heavy atom. The Morgan fingerprint density at radius 3 is 2.34 bits per heavy atom. The van der Waals surface area contributed by atoms with Gasteiger partial charge in [0.1, 0.15) is 48.4 Å². The maximum Gasteiger partial charge on any atom is 0.493 e. The van der Waals surface area contributed by atoms with E-state index in [1.807, 2.05) is 25.4 Å². The molecule has 1 aliphatic rings. The lowest BCUT2D eigenvalue weighted by Crippen LogP contribution is -2.54. The van der Waals surface area contributed by atoms with E-state index in [9.17, 15) is 43.6 Å². The number of hydroxylamine groups is 1. The highest BCUT2D eigenvalue weighted by molar-refractivity contribution is 7.47. The molecule has 25 heteroatoms. The molecule has 13 N–H and O–H groups in total. The summed E-state index contributed by atoms with van der Waals surface area (Å²) >= 11 is 0. The van der Waals surface area contributed by atoms with Gasteiger partial charge < -0.3 is 62.5 Å². The molecule has 24 nitrogen and oxygen atoms in total. The summed E-state index contributed by atoms with van der Waals surface area (Å²) in [6.45, 7) is 8.37. The lowest BCUT2D eigenvalue weighted by Gasteiger charge is -2.24. The summed E-state index contributed by atoms with van der Waals surface area (Å²) in [5.41, 5.74) is 18.7. The number of amides is 3. The van der Waals surface area contributed by atoms with Gasteiger partial charge in [-0.1, -0.05) is 44.2 Å². The maximum absolute atomic E-state index is 13.7. The van der Waals surface area contributed by atoms with Crippen LogP contribution in [0.4, 0.5) is 10.6 Å². The molecule has 0 aliphatic carbocycles. The van der Waals surface area contributed by atoms with Crippen molar-refractivity contribution in [2.75, 3.05) is 25.4 Å². The number of nitrogens with two attached hydrogens (primary N) is 3. The van der Waals surface area contributed by atoms with E-state index in [1.165, 1.54) is 12.3 Å². The number of ether oxygens (including phenoxy) is 3.